The highest BCUT2D eigenvalue weighted by molar-refractivity contribution is 6.23. The van der Waals surface area contributed by atoms with Gasteiger partial charge >= 0.3 is 6.18 Å². The van der Waals surface area contributed by atoms with E-state index in [1.54, 1.807) is 6.07 Å². The van der Waals surface area contributed by atoms with Crippen LogP contribution in [-0.2, 0) is 6.18 Å². The minimum atomic E-state index is -4.32. The highest BCUT2D eigenvalue weighted by atomic mass is 35.5. The molecule has 0 aliphatic carbocycles. The molecule has 0 N–H and O–H groups in total. The third-order valence-corrected chi connectivity index (χ3v) is 2.08. The van der Waals surface area contributed by atoms with Crippen molar-refractivity contribution in [2.24, 2.45) is 0 Å². The number of alkyl halides is 4. The monoisotopic (exact) mass is 220 g/mol. The van der Waals surface area contributed by atoms with E-state index in [0.717, 1.165) is 12.1 Å². The third-order valence-electron chi connectivity index (χ3n) is 1.76. The Morgan fingerprint density at radius 3 is 2.50 bits per heavy atom. The predicted octanol–water partition coefficient (Wildman–Crippen LogP) is 3.96. The number of benzene rings is 1. The van der Waals surface area contributed by atoms with E-state index in [0.29, 0.717) is 11.1 Å². The molecule has 1 aromatic rings. The van der Waals surface area contributed by atoms with Crippen molar-refractivity contribution in [1.29, 1.82) is 0 Å². The first kappa shape index (κ1) is 11.1. The number of halogens is 4. The first-order valence-corrected chi connectivity index (χ1v) is 4.40. The highest BCUT2D eigenvalue weighted by Crippen LogP contribution is 2.30. The van der Waals surface area contributed by atoms with E-state index in [1.165, 1.54) is 6.07 Å². The highest BCUT2D eigenvalue weighted by Gasteiger charge is 2.30. The summed E-state index contributed by atoms with van der Waals surface area (Å²) in [5.74, 6) is 0.126. The van der Waals surface area contributed by atoms with E-state index < -0.39 is 11.7 Å². The largest absolute Gasteiger partial charge is 0.416 e. The molecule has 0 saturated carbocycles. The molecule has 0 fully saturated rings. The summed E-state index contributed by atoms with van der Waals surface area (Å²) < 4.78 is 36.8. The summed E-state index contributed by atoms with van der Waals surface area (Å²) in [4.78, 5) is 0. The molecule has 0 nitrogen and oxygen atoms in total. The van der Waals surface area contributed by atoms with Crippen molar-refractivity contribution in [3.63, 3.8) is 0 Å². The van der Waals surface area contributed by atoms with Gasteiger partial charge in [0.25, 0.3) is 0 Å². The lowest BCUT2D eigenvalue weighted by Crippen LogP contribution is -2.05. The van der Waals surface area contributed by atoms with Crippen LogP contribution in [0.25, 0.3) is 5.57 Å². The number of allylic oxidation sites excluding steroid dienone is 1. The minimum Gasteiger partial charge on any atom is -0.166 e. The fraction of sp³-hybridized carbons (Fsp3) is 0.200. The second-order valence-corrected chi connectivity index (χ2v) is 3.08. The van der Waals surface area contributed by atoms with Crippen molar-refractivity contribution in [1.82, 2.24) is 0 Å². The minimum absolute atomic E-state index is 0.126. The zero-order chi connectivity index (χ0) is 10.8. The Morgan fingerprint density at radius 2 is 2.00 bits per heavy atom. The SMILES string of the molecule is C=C(CCl)c1cccc(C(F)(F)F)c1. The maximum Gasteiger partial charge on any atom is 0.416 e. The van der Waals surface area contributed by atoms with Crippen LogP contribution in [0, 0.1) is 0 Å². The van der Waals surface area contributed by atoms with Crippen LogP contribution < -0.4 is 0 Å². The first-order valence-electron chi connectivity index (χ1n) is 3.86. The van der Waals surface area contributed by atoms with E-state index in [4.69, 9.17) is 11.6 Å². The molecule has 0 bridgehead atoms. The number of rotatable bonds is 2. The van der Waals surface area contributed by atoms with Crippen LogP contribution >= 0.6 is 11.6 Å². The van der Waals surface area contributed by atoms with Gasteiger partial charge in [-0.3, -0.25) is 0 Å². The second kappa shape index (κ2) is 4.05. The lowest BCUT2D eigenvalue weighted by molar-refractivity contribution is -0.137. The Labute approximate surface area is 85.0 Å². The quantitative estimate of drug-likeness (QED) is 0.662. The maximum atomic E-state index is 12.3. The summed E-state index contributed by atoms with van der Waals surface area (Å²) in [6, 6.07) is 4.96. The normalized spacial score (nSPS) is 11.4. The van der Waals surface area contributed by atoms with Gasteiger partial charge in [0.05, 0.1) is 5.56 Å². The maximum absolute atomic E-state index is 12.3. The van der Waals surface area contributed by atoms with Gasteiger partial charge in [-0.25, -0.2) is 0 Å². The van der Waals surface area contributed by atoms with Crippen molar-refractivity contribution in [3.8, 4) is 0 Å². The molecular weight excluding hydrogens is 213 g/mol. The van der Waals surface area contributed by atoms with Crippen LogP contribution in [0.2, 0.25) is 0 Å². The molecule has 1 rings (SSSR count). The molecule has 0 saturated heterocycles. The van der Waals surface area contributed by atoms with Crippen molar-refractivity contribution < 1.29 is 13.2 Å². The summed E-state index contributed by atoms with van der Waals surface area (Å²) in [6.45, 7) is 3.57. The molecule has 76 valence electrons. The van der Waals surface area contributed by atoms with Gasteiger partial charge in [0.1, 0.15) is 0 Å². The topological polar surface area (TPSA) is 0 Å². The molecule has 0 atom stereocenters. The Hall–Kier alpha value is -0.960. The fourth-order valence-electron chi connectivity index (χ4n) is 0.993. The van der Waals surface area contributed by atoms with Crippen LogP contribution in [-0.4, -0.2) is 5.88 Å². The van der Waals surface area contributed by atoms with Crippen LogP contribution in [0.4, 0.5) is 13.2 Å². The lowest BCUT2D eigenvalue weighted by Gasteiger charge is -2.08. The Balaban J connectivity index is 3.08. The van der Waals surface area contributed by atoms with Crippen molar-refractivity contribution >= 4 is 17.2 Å². The van der Waals surface area contributed by atoms with Crippen molar-refractivity contribution in [2.45, 2.75) is 6.18 Å². The van der Waals surface area contributed by atoms with Gasteiger partial charge in [-0.05, 0) is 23.3 Å². The first-order chi connectivity index (χ1) is 6.45. The van der Waals surface area contributed by atoms with Crippen molar-refractivity contribution in [3.05, 3.63) is 42.0 Å². The molecule has 4 heteroatoms. The smallest absolute Gasteiger partial charge is 0.166 e. The van der Waals surface area contributed by atoms with Crippen molar-refractivity contribution in [2.75, 3.05) is 5.88 Å². The molecule has 0 heterocycles. The summed E-state index contributed by atoms with van der Waals surface area (Å²) in [7, 11) is 0. The van der Waals surface area contributed by atoms with E-state index in [1.807, 2.05) is 0 Å². The van der Waals surface area contributed by atoms with E-state index in [9.17, 15) is 13.2 Å². The number of hydrogen-bond donors (Lipinski definition) is 0. The average Bonchev–Trinajstić information content (AvgIpc) is 2.15. The van der Waals surface area contributed by atoms with E-state index in [-0.39, 0.29) is 5.88 Å². The van der Waals surface area contributed by atoms with Crippen LogP contribution in [0.15, 0.2) is 30.8 Å². The second-order valence-electron chi connectivity index (χ2n) is 2.82. The molecule has 0 aliphatic rings. The van der Waals surface area contributed by atoms with Gasteiger partial charge in [-0.15, -0.1) is 11.6 Å². The molecular formula is C10H8ClF3. The predicted molar refractivity (Wildman–Crippen MR) is 51.2 cm³/mol. The summed E-state index contributed by atoms with van der Waals surface area (Å²) in [6.07, 6.45) is -4.32. The molecule has 1 aromatic carbocycles. The molecule has 14 heavy (non-hydrogen) atoms. The standard InChI is InChI=1S/C10H8ClF3/c1-7(6-11)8-3-2-4-9(5-8)10(12,13)14/h2-5H,1,6H2. The molecule has 0 aliphatic heterocycles. The molecule has 0 unspecified atom stereocenters. The molecule has 0 amide bonds. The zero-order valence-electron chi connectivity index (χ0n) is 7.24. The summed E-state index contributed by atoms with van der Waals surface area (Å²) in [5, 5.41) is 0. The molecule has 0 radical (unpaired) electrons. The number of hydrogen-bond acceptors (Lipinski definition) is 0. The van der Waals surface area contributed by atoms with Gasteiger partial charge in [-0.2, -0.15) is 13.2 Å². The van der Waals surface area contributed by atoms with Crippen LogP contribution in [0.5, 0.6) is 0 Å². The molecule has 0 aromatic heterocycles. The van der Waals surface area contributed by atoms with E-state index in [2.05, 4.69) is 6.58 Å². The van der Waals surface area contributed by atoms with Crippen LogP contribution in [0.3, 0.4) is 0 Å². The van der Waals surface area contributed by atoms with Gasteiger partial charge in [-0.1, -0.05) is 18.7 Å². The Bertz CT molecular complexity index is 341. The van der Waals surface area contributed by atoms with Crippen LogP contribution in [0.1, 0.15) is 11.1 Å². The van der Waals surface area contributed by atoms with Gasteiger partial charge < -0.3 is 0 Å². The van der Waals surface area contributed by atoms with Gasteiger partial charge in [0.2, 0.25) is 0 Å². The summed E-state index contributed by atoms with van der Waals surface area (Å²) >= 11 is 5.47. The Morgan fingerprint density at radius 1 is 1.36 bits per heavy atom. The van der Waals surface area contributed by atoms with Gasteiger partial charge in [0, 0.05) is 5.88 Å². The fourth-order valence-corrected chi connectivity index (χ4v) is 1.15. The lowest BCUT2D eigenvalue weighted by atomic mass is 10.1. The van der Waals surface area contributed by atoms with Gasteiger partial charge in [0.15, 0.2) is 0 Å². The average molecular weight is 221 g/mol. The summed E-state index contributed by atoms with van der Waals surface area (Å²) in [5.41, 5.74) is 0.230. The molecule has 0 spiro atoms. The third kappa shape index (κ3) is 2.51. The zero-order valence-corrected chi connectivity index (χ0v) is 7.99. The Kier molecular flexibility index (Phi) is 3.21. The van der Waals surface area contributed by atoms with E-state index >= 15 is 0 Å².